The number of nitrogens with one attached hydrogen (secondary N) is 3. The number of amides is 3. The number of aliphatic carboxylic acids is 1. The quantitative estimate of drug-likeness (QED) is 0.162. The Morgan fingerprint density at radius 2 is 1.66 bits per heavy atom. The summed E-state index contributed by atoms with van der Waals surface area (Å²) in [6.45, 7) is 4.16. The van der Waals surface area contributed by atoms with Gasteiger partial charge in [0, 0.05) is 31.7 Å². The molecule has 0 heterocycles. The van der Waals surface area contributed by atoms with Gasteiger partial charge in [-0.25, -0.2) is 0 Å². The summed E-state index contributed by atoms with van der Waals surface area (Å²) in [5.74, 6) is -6.19. The third-order valence-electron chi connectivity index (χ3n) is 5.51. The first-order chi connectivity index (χ1) is 14.8. The Labute approximate surface area is 186 Å². The number of ether oxygens (including phenoxy) is 1. The number of carbonyl (C=O) groups is 4. The summed E-state index contributed by atoms with van der Waals surface area (Å²) < 4.78 is 5.44. The van der Waals surface area contributed by atoms with E-state index in [1.165, 1.54) is 14.0 Å². The number of carboxylic acid groups (broad SMARTS) is 1. The summed E-state index contributed by atoms with van der Waals surface area (Å²) in [5.41, 5.74) is 0. The van der Waals surface area contributed by atoms with Crippen LogP contribution in [0.3, 0.4) is 0 Å². The second-order valence-corrected chi connectivity index (χ2v) is 8.37. The van der Waals surface area contributed by atoms with Crippen LogP contribution in [0.4, 0.5) is 0 Å². The highest BCUT2D eigenvalue weighted by Crippen LogP contribution is 2.37. The Balaban J connectivity index is 2.95. The maximum Gasteiger partial charge on any atom is 0.303 e. The summed E-state index contributed by atoms with van der Waals surface area (Å²) in [6.07, 6.45) is -2.53. The van der Waals surface area contributed by atoms with Crippen molar-refractivity contribution in [2.24, 2.45) is 11.8 Å². The normalized spacial score (nSPS) is 25.6. The van der Waals surface area contributed by atoms with Crippen LogP contribution < -0.4 is 16.0 Å². The first-order valence-electron chi connectivity index (χ1n) is 10.6. The van der Waals surface area contributed by atoms with Crippen molar-refractivity contribution in [3.63, 3.8) is 0 Å². The number of hydrogen-bond acceptors (Lipinski definition) is 8. The zero-order valence-corrected chi connectivity index (χ0v) is 18.8. The third-order valence-corrected chi connectivity index (χ3v) is 5.51. The van der Waals surface area contributed by atoms with Crippen LogP contribution in [-0.2, 0) is 23.9 Å². The second kappa shape index (κ2) is 12.1. The summed E-state index contributed by atoms with van der Waals surface area (Å²) in [7, 11) is 1.33. The Hall–Kier alpha value is -2.28. The van der Waals surface area contributed by atoms with Crippen LogP contribution in [0.5, 0.6) is 0 Å². The Kier molecular flexibility index (Phi) is 10.5. The predicted octanol–water partition coefficient (Wildman–Crippen LogP) is -1.92. The highest BCUT2D eigenvalue weighted by molar-refractivity contribution is 5.92. The minimum Gasteiger partial charge on any atom is -0.481 e. The van der Waals surface area contributed by atoms with Gasteiger partial charge in [0.25, 0.3) is 0 Å². The molecular formula is C20H35N3O9. The Bertz CT molecular complexity index is 685. The first kappa shape index (κ1) is 27.8. The van der Waals surface area contributed by atoms with Crippen molar-refractivity contribution in [2.45, 2.75) is 76.5 Å². The van der Waals surface area contributed by atoms with Crippen LogP contribution >= 0.6 is 0 Å². The fourth-order valence-corrected chi connectivity index (χ4v) is 3.41. The van der Waals surface area contributed by atoms with Gasteiger partial charge < -0.3 is 41.1 Å². The van der Waals surface area contributed by atoms with Crippen molar-refractivity contribution >= 4 is 23.7 Å². The fourth-order valence-electron chi connectivity index (χ4n) is 3.41. The van der Waals surface area contributed by atoms with Crippen LogP contribution in [0.2, 0.25) is 0 Å². The lowest BCUT2D eigenvalue weighted by molar-refractivity contribution is -0.252. The van der Waals surface area contributed by atoms with E-state index in [1.54, 1.807) is 13.8 Å². The molecule has 0 aliphatic heterocycles. The number of rotatable bonds is 12. The van der Waals surface area contributed by atoms with Crippen LogP contribution in [0.25, 0.3) is 0 Å². The van der Waals surface area contributed by atoms with Gasteiger partial charge in [-0.2, -0.15) is 0 Å². The van der Waals surface area contributed by atoms with E-state index in [0.717, 1.165) is 0 Å². The molecule has 6 unspecified atom stereocenters. The van der Waals surface area contributed by atoms with Gasteiger partial charge in [0.2, 0.25) is 17.7 Å². The molecule has 1 aliphatic carbocycles. The monoisotopic (exact) mass is 461 g/mol. The molecule has 0 radical (unpaired) electrons. The van der Waals surface area contributed by atoms with E-state index in [2.05, 4.69) is 16.0 Å². The zero-order valence-electron chi connectivity index (χ0n) is 18.8. The van der Waals surface area contributed by atoms with Crippen LogP contribution in [-0.4, -0.2) is 87.9 Å². The molecular weight excluding hydrogens is 426 g/mol. The highest BCUT2D eigenvalue weighted by Gasteiger charge is 2.49. The lowest BCUT2D eigenvalue weighted by atomic mass is 9.99. The van der Waals surface area contributed by atoms with Crippen molar-refractivity contribution in [3.8, 4) is 0 Å². The second-order valence-electron chi connectivity index (χ2n) is 8.37. The van der Waals surface area contributed by atoms with Crippen molar-refractivity contribution in [1.82, 2.24) is 16.0 Å². The van der Waals surface area contributed by atoms with E-state index in [1.807, 2.05) is 0 Å². The van der Waals surface area contributed by atoms with E-state index in [9.17, 15) is 34.5 Å². The van der Waals surface area contributed by atoms with Gasteiger partial charge in [-0.05, 0) is 19.8 Å². The molecule has 12 heteroatoms. The molecule has 1 aliphatic rings. The van der Waals surface area contributed by atoms with Crippen LogP contribution in [0, 0.1) is 11.8 Å². The molecule has 1 rings (SSSR count). The number of aliphatic hydroxyl groups is 3. The molecule has 0 aromatic rings. The number of carboxylic acids is 1. The Morgan fingerprint density at radius 1 is 1.06 bits per heavy atom. The standard InChI is InChI=1S/C20H35N3O9/c1-10(2)17(28)23-14(9-32-20(31)8-7-12(11(3)24)16(20)27)19(30)22-13(18(29)21-4)5-6-15(25)26/h10-14,16,24,27,31H,5-9H2,1-4H3,(H,21,29)(H,22,30)(H,23,28)(H,25,26). The minimum atomic E-state index is -2.02. The number of aliphatic hydroxyl groups excluding tert-OH is 2. The maximum atomic E-state index is 12.8. The van der Waals surface area contributed by atoms with Crippen molar-refractivity contribution in [1.29, 1.82) is 0 Å². The van der Waals surface area contributed by atoms with Gasteiger partial charge in [0.05, 0.1) is 12.7 Å². The zero-order chi connectivity index (χ0) is 24.6. The number of carbonyl (C=O) groups excluding carboxylic acids is 3. The fraction of sp³-hybridized carbons (Fsp3) is 0.800. The third kappa shape index (κ3) is 7.69. The molecule has 3 amide bonds. The van der Waals surface area contributed by atoms with Gasteiger partial charge in [-0.3, -0.25) is 19.2 Å². The molecule has 184 valence electrons. The molecule has 1 saturated carbocycles. The lowest BCUT2D eigenvalue weighted by Crippen LogP contribution is -2.57. The highest BCUT2D eigenvalue weighted by atomic mass is 16.6. The van der Waals surface area contributed by atoms with Crippen molar-refractivity contribution in [2.75, 3.05) is 13.7 Å². The average molecular weight is 462 g/mol. The Morgan fingerprint density at radius 3 is 2.12 bits per heavy atom. The van der Waals surface area contributed by atoms with Crippen molar-refractivity contribution in [3.05, 3.63) is 0 Å². The topological polar surface area (TPSA) is 195 Å². The van der Waals surface area contributed by atoms with Gasteiger partial charge in [-0.1, -0.05) is 13.8 Å². The van der Waals surface area contributed by atoms with Crippen LogP contribution in [0.15, 0.2) is 0 Å². The first-order valence-corrected chi connectivity index (χ1v) is 10.6. The molecule has 6 atom stereocenters. The summed E-state index contributed by atoms with van der Waals surface area (Å²) >= 11 is 0. The van der Waals surface area contributed by atoms with Crippen molar-refractivity contribution < 1.29 is 44.3 Å². The van der Waals surface area contributed by atoms with E-state index in [-0.39, 0.29) is 19.3 Å². The maximum absolute atomic E-state index is 12.8. The number of likely N-dealkylation sites (N-methyl/N-ethyl adjacent to an activating group) is 1. The molecule has 7 N–H and O–H groups in total. The molecule has 12 nitrogen and oxygen atoms in total. The summed E-state index contributed by atoms with van der Waals surface area (Å²) in [4.78, 5) is 47.9. The molecule has 1 fully saturated rings. The predicted molar refractivity (Wildman–Crippen MR) is 111 cm³/mol. The van der Waals surface area contributed by atoms with Gasteiger partial charge in [0.15, 0.2) is 5.79 Å². The average Bonchev–Trinajstić information content (AvgIpc) is 3.02. The molecule has 32 heavy (non-hydrogen) atoms. The molecule has 0 aromatic heterocycles. The molecule has 0 aromatic carbocycles. The van der Waals surface area contributed by atoms with Gasteiger partial charge in [-0.15, -0.1) is 0 Å². The number of hydrogen-bond donors (Lipinski definition) is 7. The SMILES string of the molecule is CNC(=O)C(CCC(=O)O)NC(=O)C(COC1(O)CCC(C(C)O)C1O)NC(=O)C(C)C. The van der Waals surface area contributed by atoms with Crippen LogP contribution in [0.1, 0.15) is 46.5 Å². The molecule has 0 saturated heterocycles. The van der Waals surface area contributed by atoms with E-state index in [4.69, 9.17) is 9.84 Å². The molecule has 0 spiro atoms. The molecule has 0 bridgehead atoms. The lowest BCUT2D eigenvalue weighted by Gasteiger charge is -2.31. The largest absolute Gasteiger partial charge is 0.481 e. The van der Waals surface area contributed by atoms with Gasteiger partial charge >= 0.3 is 5.97 Å². The van der Waals surface area contributed by atoms with E-state index in [0.29, 0.717) is 6.42 Å². The van der Waals surface area contributed by atoms with E-state index < -0.39 is 72.2 Å². The smallest absolute Gasteiger partial charge is 0.303 e. The minimum absolute atomic E-state index is 0.00960. The van der Waals surface area contributed by atoms with E-state index >= 15 is 0 Å². The summed E-state index contributed by atoms with van der Waals surface area (Å²) in [6, 6.07) is -2.49. The summed E-state index contributed by atoms with van der Waals surface area (Å²) in [5, 5.41) is 46.8. The van der Waals surface area contributed by atoms with Gasteiger partial charge in [0.1, 0.15) is 18.2 Å².